The molecule has 0 amide bonds. The molecule has 0 bridgehead atoms. The maximum absolute atomic E-state index is 2.41. The normalized spacial score (nSPS) is 13.4. The van der Waals surface area contributed by atoms with E-state index >= 15 is 0 Å². The molecule has 3 aromatic rings. The molecule has 0 aromatic heterocycles. The Balaban J connectivity index is 1.65. The van der Waals surface area contributed by atoms with Crippen molar-refractivity contribution in [2.45, 2.75) is 51.9 Å². The third kappa shape index (κ3) is 3.86. The average Bonchev–Trinajstić information content (AvgIpc) is 3.08. The van der Waals surface area contributed by atoms with Crippen LogP contribution in [0.4, 0.5) is 0 Å². The minimum absolute atomic E-state index is 1.18. The predicted molar refractivity (Wildman–Crippen MR) is 119 cm³/mol. The average molecular weight is 354 g/mol. The number of allylic oxidation sites excluding steroid dienone is 2. The zero-order chi connectivity index (χ0) is 18.5. The van der Waals surface area contributed by atoms with Gasteiger partial charge in [-0.2, -0.15) is 0 Å². The molecule has 137 valence electrons. The van der Waals surface area contributed by atoms with E-state index in [0.29, 0.717) is 0 Å². The Hall–Kier alpha value is -2.34. The first-order chi connectivity index (χ1) is 13.4. The van der Waals surface area contributed by atoms with Gasteiger partial charge in [0.2, 0.25) is 0 Å². The summed E-state index contributed by atoms with van der Waals surface area (Å²) in [6.45, 7) is 2.28. The van der Waals surface area contributed by atoms with E-state index in [1.165, 1.54) is 83.6 Å². The molecule has 1 aliphatic carbocycles. The topological polar surface area (TPSA) is 0 Å². The van der Waals surface area contributed by atoms with Crippen molar-refractivity contribution in [1.82, 2.24) is 0 Å². The van der Waals surface area contributed by atoms with E-state index in [9.17, 15) is 0 Å². The summed E-state index contributed by atoms with van der Waals surface area (Å²) in [5.74, 6) is 0. The van der Waals surface area contributed by atoms with E-state index in [-0.39, 0.29) is 0 Å². The number of hydrogen-bond acceptors (Lipinski definition) is 0. The number of benzene rings is 3. The van der Waals surface area contributed by atoms with E-state index in [1.54, 1.807) is 0 Å². The maximum Gasteiger partial charge on any atom is 0.0214 e. The van der Waals surface area contributed by atoms with Gasteiger partial charge in [0.05, 0.1) is 0 Å². The molecule has 0 aliphatic heterocycles. The van der Waals surface area contributed by atoms with Crippen molar-refractivity contribution < 1.29 is 0 Å². The van der Waals surface area contributed by atoms with Gasteiger partial charge in [-0.1, -0.05) is 106 Å². The van der Waals surface area contributed by atoms with Gasteiger partial charge in [-0.15, -0.1) is 0 Å². The minimum Gasteiger partial charge on any atom is -0.0654 e. The van der Waals surface area contributed by atoms with Crippen molar-refractivity contribution in [3.05, 3.63) is 89.8 Å². The molecule has 0 fully saturated rings. The fraction of sp³-hybridized carbons (Fsp3) is 0.296. The van der Waals surface area contributed by atoms with Gasteiger partial charge in [0, 0.05) is 6.42 Å². The van der Waals surface area contributed by atoms with E-state index in [0.717, 1.165) is 0 Å². The monoisotopic (exact) mass is 353 g/mol. The van der Waals surface area contributed by atoms with Crippen molar-refractivity contribution in [3.63, 3.8) is 0 Å². The van der Waals surface area contributed by atoms with E-state index in [2.05, 4.69) is 80.1 Å². The fourth-order valence-corrected chi connectivity index (χ4v) is 4.34. The lowest BCUT2D eigenvalue weighted by Gasteiger charge is -2.12. The first-order valence-corrected chi connectivity index (χ1v) is 10.5. The Morgan fingerprint density at radius 1 is 0.630 bits per heavy atom. The smallest absolute Gasteiger partial charge is 0.0214 e. The summed E-state index contributed by atoms with van der Waals surface area (Å²) in [6.07, 6.45) is 11.7. The zero-order valence-corrected chi connectivity index (χ0v) is 16.4. The van der Waals surface area contributed by atoms with Crippen LogP contribution in [0.2, 0.25) is 0 Å². The first-order valence-electron chi connectivity index (χ1n) is 10.5. The molecular weight excluding hydrogens is 324 g/mol. The highest BCUT2D eigenvalue weighted by Crippen LogP contribution is 2.44. The second-order valence-corrected chi connectivity index (χ2v) is 7.67. The summed E-state index contributed by atoms with van der Waals surface area (Å²) in [6, 6.07) is 24.4. The molecule has 0 heteroatoms. The Kier molecular flexibility index (Phi) is 5.72. The number of unbranched alkanes of at least 4 members (excludes halogenated alkanes) is 5. The number of rotatable bonds is 8. The van der Waals surface area contributed by atoms with Crippen molar-refractivity contribution in [2.24, 2.45) is 0 Å². The first kappa shape index (κ1) is 18.0. The van der Waals surface area contributed by atoms with Crippen molar-refractivity contribution in [3.8, 4) is 0 Å². The molecule has 3 aromatic carbocycles. The molecule has 0 nitrogen and oxygen atoms in total. The summed E-state index contributed by atoms with van der Waals surface area (Å²) in [5.41, 5.74) is 7.17. The predicted octanol–water partition coefficient (Wildman–Crippen LogP) is 8.07. The standard InChI is InChI=1S/C27H29/c1-2-3-4-5-6-7-18-25-24-17-11-9-14-22(24)20-27(25)26-19-12-15-21-13-8-10-16-23(21)26/h8-17,19-20H,2-7,18H2,1H3. The van der Waals surface area contributed by atoms with Crippen LogP contribution in [-0.2, 0) is 0 Å². The van der Waals surface area contributed by atoms with Crippen LogP contribution in [0.1, 0.15) is 68.6 Å². The van der Waals surface area contributed by atoms with Crippen LogP contribution in [0.5, 0.6) is 0 Å². The van der Waals surface area contributed by atoms with Crippen LogP contribution in [0.15, 0.2) is 66.7 Å². The van der Waals surface area contributed by atoms with Crippen LogP contribution >= 0.6 is 0 Å². The molecule has 0 N–H and O–H groups in total. The zero-order valence-electron chi connectivity index (χ0n) is 16.4. The van der Waals surface area contributed by atoms with Crippen LogP contribution in [0, 0.1) is 6.42 Å². The van der Waals surface area contributed by atoms with Gasteiger partial charge in [-0.25, -0.2) is 0 Å². The summed E-state index contributed by atoms with van der Waals surface area (Å²) in [4.78, 5) is 0. The van der Waals surface area contributed by atoms with Gasteiger partial charge >= 0.3 is 0 Å². The van der Waals surface area contributed by atoms with Gasteiger partial charge < -0.3 is 0 Å². The summed E-state index contributed by atoms with van der Waals surface area (Å²) in [5, 5.41) is 2.69. The fourth-order valence-electron chi connectivity index (χ4n) is 4.34. The molecule has 1 radical (unpaired) electrons. The van der Waals surface area contributed by atoms with E-state index in [4.69, 9.17) is 0 Å². The molecule has 0 unspecified atom stereocenters. The lowest BCUT2D eigenvalue weighted by atomic mass is 9.92. The lowest BCUT2D eigenvalue weighted by Crippen LogP contribution is -1.89. The summed E-state index contributed by atoms with van der Waals surface area (Å²) in [7, 11) is 0. The quantitative estimate of drug-likeness (QED) is 0.359. The van der Waals surface area contributed by atoms with E-state index in [1.807, 2.05) is 0 Å². The third-order valence-corrected chi connectivity index (χ3v) is 5.77. The summed E-state index contributed by atoms with van der Waals surface area (Å²) >= 11 is 0. The van der Waals surface area contributed by atoms with Gasteiger partial charge in [-0.3, -0.25) is 0 Å². The van der Waals surface area contributed by atoms with Crippen LogP contribution in [-0.4, -0.2) is 0 Å². The third-order valence-electron chi connectivity index (χ3n) is 5.77. The Bertz CT molecular complexity index is 940. The van der Waals surface area contributed by atoms with Crippen molar-refractivity contribution in [1.29, 1.82) is 0 Å². The molecular formula is C27H29. The van der Waals surface area contributed by atoms with Crippen LogP contribution in [0.25, 0.3) is 21.9 Å². The largest absolute Gasteiger partial charge is 0.0654 e. The van der Waals surface area contributed by atoms with Gasteiger partial charge in [0.1, 0.15) is 0 Å². The highest BCUT2D eigenvalue weighted by atomic mass is 14.3. The highest BCUT2D eigenvalue weighted by Gasteiger charge is 2.23. The van der Waals surface area contributed by atoms with Crippen molar-refractivity contribution in [2.75, 3.05) is 0 Å². The maximum atomic E-state index is 2.41. The molecule has 0 saturated heterocycles. The molecule has 0 heterocycles. The van der Waals surface area contributed by atoms with Gasteiger partial charge in [0.25, 0.3) is 0 Å². The van der Waals surface area contributed by atoms with Gasteiger partial charge in [-0.05, 0) is 51.5 Å². The lowest BCUT2D eigenvalue weighted by molar-refractivity contribution is 0.613. The summed E-state index contributed by atoms with van der Waals surface area (Å²) < 4.78 is 0. The van der Waals surface area contributed by atoms with Crippen molar-refractivity contribution >= 4 is 21.9 Å². The Morgan fingerprint density at radius 3 is 2.26 bits per heavy atom. The second-order valence-electron chi connectivity index (χ2n) is 7.67. The molecule has 0 spiro atoms. The minimum atomic E-state index is 1.18. The van der Waals surface area contributed by atoms with E-state index < -0.39 is 0 Å². The SMILES string of the molecule is CCCCCCCCC1=C(c2cccc3ccccc23)[CH]c2ccccc21. The second kappa shape index (κ2) is 8.57. The Labute approximate surface area is 163 Å². The molecule has 4 rings (SSSR count). The van der Waals surface area contributed by atoms with Crippen LogP contribution in [0.3, 0.4) is 0 Å². The molecule has 27 heavy (non-hydrogen) atoms. The van der Waals surface area contributed by atoms with Gasteiger partial charge in [0.15, 0.2) is 0 Å². The molecule has 0 saturated carbocycles. The molecule has 1 aliphatic rings. The highest BCUT2D eigenvalue weighted by molar-refractivity contribution is 6.08. The molecule has 0 atom stereocenters. The van der Waals surface area contributed by atoms with Crippen LogP contribution < -0.4 is 0 Å². The number of fused-ring (bicyclic) bond motifs is 2. The Morgan fingerprint density at radius 2 is 1.33 bits per heavy atom. The number of hydrogen-bond donors (Lipinski definition) is 0.